The molecule has 1 aromatic rings. The molecule has 5 nitrogen and oxygen atoms in total. The Hall–Kier alpha value is -1.69. The van der Waals surface area contributed by atoms with Gasteiger partial charge in [-0.25, -0.2) is 5.43 Å². The van der Waals surface area contributed by atoms with Crippen molar-refractivity contribution in [2.75, 3.05) is 6.61 Å². The normalized spacial score (nSPS) is 12.9. The van der Waals surface area contributed by atoms with Gasteiger partial charge in [-0.2, -0.15) is 5.10 Å². The zero-order chi connectivity index (χ0) is 13.5. The summed E-state index contributed by atoms with van der Waals surface area (Å²) in [6.07, 6.45) is 0. The van der Waals surface area contributed by atoms with E-state index in [2.05, 4.69) is 10.5 Å². The number of carbonyl (C=O) groups is 2. The average molecular weight is 268 g/mol. The van der Waals surface area contributed by atoms with Crippen molar-refractivity contribution in [1.29, 1.82) is 0 Å². The smallest absolute Gasteiger partial charge is 0.314 e. The van der Waals surface area contributed by atoms with Gasteiger partial charge in [-0.3, -0.25) is 9.59 Å². The lowest BCUT2D eigenvalue weighted by atomic mass is 10.1. The van der Waals surface area contributed by atoms with Crippen molar-refractivity contribution < 1.29 is 14.3 Å². The van der Waals surface area contributed by atoms with Gasteiger partial charge in [0.1, 0.15) is 0 Å². The molecule has 18 heavy (non-hydrogen) atoms. The second-order valence-corrected chi connectivity index (χ2v) is 4.59. The highest BCUT2D eigenvalue weighted by atomic mass is 32.1. The Morgan fingerprint density at radius 2 is 2.28 bits per heavy atom. The van der Waals surface area contributed by atoms with Gasteiger partial charge in [-0.1, -0.05) is 6.07 Å². The highest BCUT2D eigenvalue weighted by molar-refractivity contribution is 7.12. The van der Waals surface area contributed by atoms with Crippen LogP contribution < -0.4 is 5.43 Å². The monoisotopic (exact) mass is 268 g/mol. The maximum atomic E-state index is 11.6. The minimum absolute atomic E-state index is 0.277. The van der Waals surface area contributed by atoms with Crippen LogP contribution in [0.15, 0.2) is 22.6 Å². The van der Waals surface area contributed by atoms with Crippen LogP contribution in [0, 0.1) is 5.92 Å². The molecule has 98 valence electrons. The zero-order valence-electron chi connectivity index (χ0n) is 10.6. The van der Waals surface area contributed by atoms with E-state index in [-0.39, 0.29) is 11.9 Å². The van der Waals surface area contributed by atoms with Gasteiger partial charge in [0.05, 0.1) is 17.4 Å². The van der Waals surface area contributed by atoms with Crippen molar-refractivity contribution in [3.8, 4) is 0 Å². The number of hydrazone groups is 1. The molecule has 0 spiro atoms. The molecule has 1 aromatic heterocycles. The number of thiophene rings is 1. The summed E-state index contributed by atoms with van der Waals surface area (Å²) in [6, 6.07) is 3.50. The topological polar surface area (TPSA) is 67.8 Å². The van der Waals surface area contributed by atoms with Crippen molar-refractivity contribution in [3.63, 3.8) is 0 Å². The molecule has 1 rings (SSSR count). The molecule has 0 saturated carbocycles. The van der Waals surface area contributed by atoms with Crippen molar-refractivity contribution >= 4 is 28.9 Å². The number of rotatable bonds is 5. The van der Waals surface area contributed by atoms with Gasteiger partial charge in [0, 0.05) is 5.71 Å². The molecule has 1 heterocycles. The van der Waals surface area contributed by atoms with Crippen LogP contribution in [0.1, 0.15) is 30.4 Å². The molecular weight excluding hydrogens is 252 g/mol. The predicted octanol–water partition coefficient (Wildman–Crippen LogP) is 2.05. The zero-order valence-corrected chi connectivity index (χ0v) is 11.4. The highest BCUT2D eigenvalue weighted by Gasteiger charge is 2.17. The van der Waals surface area contributed by atoms with Crippen LogP contribution in [0.2, 0.25) is 0 Å². The van der Waals surface area contributed by atoms with Gasteiger partial charge in [0.2, 0.25) is 0 Å². The van der Waals surface area contributed by atoms with Crippen molar-refractivity contribution in [3.05, 3.63) is 22.4 Å². The Morgan fingerprint density at radius 3 is 2.83 bits per heavy atom. The Bertz CT molecular complexity index is 440. The third-order valence-electron chi connectivity index (χ3n) is 2.35. The lowest BCUT2D eigenvalue weighted by Gasteiger charge is -2.09. The quantitative estimate of drug-likeness (QED) is 0.505. The summed E-state index contributed by atoms with van der Waals surface area (Å²) in [7, 11) is 0. The molecule has 0 unspecified atom stereocenters. The fourth-order valence-electron chi connectivity index (χ4n) is 1.14. The van der Waals surface area contributed by atoms with E-state index in [1.165, 1.54) is 11.3 Å². The van der Waals surface area contributed by atoms with Crippen LogP contribution in [0.4, 0.5) is 0 Å². The standard InChI is InChI=1S/C12H16N2O3S/c1-4-17-12(16)8(2)9(3)13-14-11(15)10-6-5-7-18-10/h5-8H,4H2,1-3H3,(H,14,15)/b13-9-/t8-/m1/s1. The minimum atomic E-state index is -0.464. The fourth-order valence-corrected chi connectivity index (χ4v) is 1.75. The molecule has 0 aliphatic rings. The Labute approximate surface area is 110 Å². The third kappa shape index (κ3) is 3.96. The number of ether oxygens (including phenoxy) is 1. The minimum Gasteiger partial charge on any atom is -0.465 e. The van der Waals surface area contributed by atoms with Gasteiger partial charge in [-0.05, 0) is 32.2 Å². The SMILES string of the molecule is CCOC(=O)[C@H](C)/C(C)=N\NC(=O)c1cccs1. The first kappa shape index (κ1) is 14.4. The van der Waals surface area contributed by atoms with Gasteiger partial charge in [0.25, 0.3) is 5.91 Å². The van der Waals surface area contributed by atoms with E-state index in [4.69, 9.17) is 4.74 Å². The largest absolute Gasteiger partial charge is 0.465 e. The molecule has 0 saturated heterocycles. The van der Waals surface area contributed by atoms with Crippen LogP contribution in [-0.4, -0.2) is 24.2 Å². The number of amides is 1. The summed E-state index contributed by atoms with van der Waals surface area (Å²) < 4.78 is 4.87. The molecule has 0 bridgehead atoms. The summed E-state index contributed by atoms with van der Waals surface area (Å²) in [5.74, 6) is -1.09. The van der Waals surface area contributed by atoms with E-state index in [0.29, 0.717) is 17.2 Å². The highest BCUT2D eigenvalue weighted by Crippen LogP contribution is 2.08. The molecule has 0 aromatic carbocycles. The molecule has 1 N–H and O–H groups in total. The molecule has 1 amide bonds. The molecule has 1 atom stereocenters. The van der Waals surface area contributed by atoms with Crippen LogP contribution in [0.5, 0.6) is 0 Å². The second-order valence-electron chi connectivity index (χ2n) is 3.65. The average Bonchev–Trinajstić information content (AvgIpc) is 2.88. The van der Waals surface area contributed by atoms with Gasteiger partial charge >= 0.3 is 5.97 Å². The molecule has 6 heteroatoms. The number of hydrogen-bond acceptors (Lipinski definition) is 5. The second kappa shape index (κ2) is 6.90. The lowest BCUT2D eigenvalue weighted by molar-refractivity contribution is -0.145. The first-order valence-electron chi connectivity index (χ1n) is 5.61. The lowest BCUT2D eigenvalue weighted by Crippen LogP contribution is -2.25. The van der Waals surface area contributed by atoms with Gasteiger partial charge < -0.3 is 4.74 Å². The molecular formula is C12H16N2O3S. The summed E-state index contributed by atoms with van der Waals surface area (Å²) in [4.78, 5) is 23.6. The number of hydrogen-bond donors (Lipinski definition) is 1. The first-order valence-corrected chi connectivity index (χ1v) is 6.48. The van der Waals surface area contributed by atoms with Crippen LogP contribution in [-0.2, 0) is 9.53 Å². The number of carbonyl (C=O) groups excluding carboxylic acids is 2. The van der Waals surface area contributed by atoms with E-state index in [1.807, 2.05) is 5.38 Å². The van der Waals surface area contributed by atoms with Crippen LogP contribution in [0.3, 0.4) is 0 Å². The third-order valence-corrected chi connectivity index (χ3v) is 3.21. The van der Waals surface area contributed by atoms with Crippen LogP contribution in [0.25, 0.3) is 0 Å². The summed E-state index contributed by atoms with van der Waals surface area (Å²) >= 11 is 1.33. The Kier molecular flexibility index (Phi) is 5.51. The van der Waals surface area contributed by atoms with Crippen molar-refractivity contribution in [2.45, 2.75) is 20.8 Å². The number of nitrogens with zero attached hydrogens (tertiary/aromatic N) is 1. The van der Waals surface area contributed by atoms with E-state index < -0.39 is 5.92 Å². The van der Waals surface area contributed by atoms with Gasteiger partial charge in [0.15, 0.2) is 0 Å². The first-order chi connectivity index (χ1) is 8.56. The maximum Gasteiger partial charge on any atom is 0.314 e. The van der Waals surface area contributed by atoms with E-state index >= 15 is 0 Å². The molecule has 0 aliphatic carbocycles. The predicted molar refractivity (Wildman–Crippen MR) is 70.7 cm³/mol. The Morgan fingerprint density at radius 1 is 1.56 bits per heavy atom. The van der Waals surface area contributed by atoms with E-state index in [1.54, 1.807) is 32.9 Å². The Balaban J connectivity index is 2.56. The van der Waals surface area contributed by atoms with Gasteiger partial charge in [-0.15, -0.1) is 11.3 Å². The fraction of sp³-hybridized carbons (Fsp3) is 0.417. The summed E-state index contributed by atoms with van der Waals surface area (Å²) in [5.41, 5.74) is 2.93. The number of nitrogens with one attached hydrogen (secondary N) is 1. The van der Waals surface area contributed by atoms with Crippen LogP contribution >= 0.6 is 11.3 Å². The van der Waals surface area contributed by atoms with E-state index in [9.17, 15) is 9.59 Å². The molecule has 0 aliphatic heterocycles. The maximum absolute atomic E-state index is 11.6. The summed E-state index contributed by atoms with van der Waals surface area (Å²) in [5, 5.41) is 5.72. The van der Waals surface area contributed by atoms with Crippen molar-refractivity contribution in [1.82, 2.24) is 5.43 Å². The summed E-state index contributed by atoms with van der Waals surface area (Å²) in [6.45, 7) is 5.44. The molecule has 0 radical (unpaired) electrons. The van der Waals surface area contributed by atoms with E-state index in [0.717, 1.165) is 0 Å². The molecule has 0 fully saturated rings. The van der Waals surface area contributed by atoms with Crippen molar-refractivity contribution in [2.24, 2.45) is 11.0 Å². The number of esters is 1.